The van der Waals surface area contributed by atoms with E-state index in [4.69, 9.17) is 0 Å². The zero-order chi connectivity index (χ0) is 7.14. The first-order valence-corrected chi connectivity index (χ1v) is 4.18. The minimum absolute atomic E-state index is 0.822. The molecule has 0 aromatic heterocycles. The molecule has 0 amide bonds. The quantitative estimate of drug-likeness (QED) is 0.570. The molecule has 58 valence electrons. The van der Waals surface area contributed by atoms with Crippen LogP contribution in [0.3, 0.4) is 0 Å². The first-order chi connectivity index (χ1) is 4.77. The standard InChI is InChI=1S/C8H16N2/c1-10(2)5-7-8(9-7)6-3-4-6/h6-9H,3-5H2,1-2H3/t7?,8-/m0/s1. The molecule has 1 aliphatic heterocycles. The van der Waals surface area contributed by atoms with E-state index in [1.54, 1.807) is 0 Å². The first kappa shape index (κ1) is 6.62. The van der Waals surface area contributed by atoms with E-state index in [2.05, 4.69) is 24.3 Å². The normalized spacial score (nSPS) is 38.7. The van der Waals surface area contributed by atoms with Gasteiger partial charge < -0.3 is 10.2 Å². The fourth-order valence-electron chi connectivity index (χ4n) is 1.67. The maximum atomic E-state index is 3.52. The fourth-order valence-corrected chi connectivity index (χ4v) is 1.67. The van der Waals surface area contributed by atoms with Gasteiger partial charge in [-0.25, -0.2) is 0 Å². The number of nitrogens with one attached hydrogen (secondary N) is 1. The van der Waals surface area contributed by atoms with Gasteiger partial charge in [0.05, 0.1) is 0 Å². The molecule has 1 heterocycles. The third-order valence-electron chi connectivity index (χ3n) is 2.42. The maximum absolute atomic E-state index is 3.52. The second kappa shape index (κ2) is 2.21. The first-order valence-electron chi connectivity index (χ1n) is 4.18. The van der Waals surface area contributed by atoms with Crippen LogP contribution in [0.5, 0.6) is 0 Å². The molecule has 0 aromatic rings. The Morgan fingerprint density at radius 3 is 2.60 bits per heavy atom. The van der Waals surface area contributed by atoms with Gasteiger partial charge in [-0.05, 0) is 32.9 Å². The summed E-state index contributed by atoms with van der Waals surface area (Å²) in [7, 11) is 4.29. The topological polar surface area (TPSA) is 25.2 Å². The molecule has 1 saturated carbocycles. The van der Waals surface area contributed by atoms with E-state index in [1.807, 2.05) is 0 Å². The van der Waals surface area contributed by atoms with Crippen LogP contribution in [-0.2, 0) is 0 Å². The molecule has 2 atom stereocenters. The lowest BCUT2D eigenvalue weighted by Gasteiger charge is -2.06. The van der Waals surface area contributed by atoms with Crippen molar-refractivity contribution in [3.8, 4) is 0 Å². The molecule has 10 heavy (non-hydrogen) atoms. The van der Waals surface area contributed by atoms with Crippen LogP contribution in [0, 0.1) is 5.92 Å². The molecule has 0 spiro atoms. The van der Waals surface area contributed by atoms with E-state index >= 15 is 0 Å². The average Bonchev–Trinajstić information content (AvgIpc) is 2.49. The van der Waals surface area contributed by atoms with Gasteiger partial charge in [0.2, 0.25) is 0 Å². The van der Waals surface area contributed by atoms with Crippen LogP contribution in [0.4, 0.5) is 0 Å². The monoisotopic (exact) mass is 140 g/mol. The lowest BCUT2D eigenvalue weighted by Crippen LogP contribution is -2.20. The van der Waals surface area contributed by atoms with Crippen molar-refractivity contribution < 1.29 is 0 Å². The van der Waals surface area contributed by atoms with Crippen molar-refractivity contribution >= 4 is 0 Å². The number of hydrogen-bond acceptors (Lipinski definition) is 2. The summed E-state index contributed by atoms with van der Waals surface area (Å²) in [6.07, 6.45) is 2.95. The van der Waals surface area contributed by atoms with Gasteiger partial charge >= 0.3 is 0 Å². The minimum Gasteiger partial charge on any atom is -0.308 e. The van der Waals surface area contributed by atoms with Gasteiger partial charge in [0, 0.05) is 18.6 Å². The van der Waals surface area contributed by atoms with Crippen molar-refractivity contribution in [2.45, 2.75) is 24.9 Å². The Morgan fingerprint density at radius 2 is 2.10 bits per heavy atom. The smallest absolute Gasteiger partial charge is 0.0354 e. The molecule has 0 radical (unpaired) electrons. The summed E-state index contributed by atoms with van der Waals surface area (Å²) in [5.74, 6) is 1.05. The second-order valence-corrected chi connectivity index (χ2v) is 3.90. The lowest BCUT2D eigenvalue weighted by atomic mass is 10.2. The van der Waals surface area contributed by atoms with Crippen molar-refractivity contribution in [3.05, 3.63) is 0 Å². The third-order valence-corrected chi connectivity index (χ3v) is 2.42. The van der Waals surface area contributed by atoms with Crippen LogP contribution in [0.1, 0.15) is 12.8 Å². The Morgan fingerprint density at radius 1 is 1.40 bits per heavy atom. The van der Waals surface area contributed by atoms with Crippen LogP contribution >= 0.6 is 0 Å². The van der Waals surface area contributed by atoms with Crippen molar-refractivity contribution in [2.24, 2.45) is 5.92 Å². The number of rotatable bonds is 3. The largest absolute Gasteiger partial charge is 0.308 e. The predicted octanol–water partition coefficient (Wildman–Crippen LogP) is 0.298. The molecule has 1 unspecified atom stereocenters. The summed E-state index contributed by atoms with van der Waals surface area (Å²) in [4.78, 5) is 2.26. The molecule has 0 aromatic carbocycles. The Hall–Kier alpha value is -0.0800. The third kappa shape index (κ3) is 1.32. The Kier molecular flexibility index (Phi) is 1.46. The van der Waals surface area contributed by atoms with Crippen LogP contribution in [0.25, 0.3) is 0 Å². The molecule has 2 aliphatic rings. The van der Waals surface area contributed by atoms with Gasteiger partial charge in [-0.1, -0.05) is 0 Å². The highest BCUT2D eigenvalue weighted by Gasteiger charge is 2.46. The van der Waals surface area contributed by atoms with Gasteiger partial charge in [0.1, 0.15) is 0 Å². The van der Waals surface area contributed by atoms with Gasteiger partial charge in [-0.3, -0.25) is 0 Å². The molecular weight excluding hydrogens is 124 g/mol. The van der Waals surface area contributed by atoms with Gasteiger partial charge in [-0.15, -0.1) is 0 Å². The van der Waals surface area contributed by atoms with E-state index in [-0.39, 0.29) is 0 Å². The van der Waals surface area contributed by atoms with Crippen molar-refractivity contribution in [1.29, 1.82) is 0 Å². The molecule has 1 N–H and O–H groups in total. The highest BCUT2D eigenvalue weighted by Crippen LogP contribution is 2.39. The molecular formula is C8H16N2. The Balaban J connectivity index is 1.69. The van der Waals surface area contributed by atoms with Gasteiger partial charge in [0.25, 0.3) is 0 Å². The Labute approximate surface area is 62.6 Å². The molecule has 2 rings (SSSR count). The van der Waals surface area contributed by atoms with E-state index in [0.717, 1.165) is 18.0 Å². The van der Waals surface area contributed by atoms with Crippen LogP contribution < -0.4 is 5.32 Å². The van der Waals surface area contributed by atoms with Crippen molar-refractivity contribution in [1.82, 2.24) is 10.2 Å². The fraction of sp³-hybridized carbons (Fsp3) is 1.00. The number of hydrogen-bond donors (Lipinski definition) is 1. The molecule has 2 nitrogen and oxygen atoms in total. The van der Waals surface area contributed by atoms with Gasteiger partial charge in [0.15, 0.2) is 0 Å². The van der Waals surface area contributed by atoms with Gasteiger partial charge in [-0.2, -0.15) is 0 Å². The summed E-state index contributed by atoms with van der Waals surface area (Å²) in [6, 6.07) is 1.71. The molecule has 1 saturated heterocycles. The SMILES string of the molecule is CN(C)CC1N[C@H]1C1CC1. The summed E-state index contributed by atoms with van der Waals surface area (Å²) in [6.45, 7) is 1.22. The number of nitrogens with zero attached hydrogens (tertiary/aromatic N) is 1. The van der Waals surface area contributed by atoms with Crippen LogP contribution in [0.2, 0.25) is 0 Å². The summed E-state index contributed by atoms with van der Waals surface area (Å²) < 4.78 is 0. The van der Waals surface area contributed by atoms with Crippen molar-refractivity contribution in [2.75, 3.05) is 20.6 Å². The molecule has 1 aliphatic carbocycles. The molecule has 0 bridgehead atoms. The average molecular weight is 140 g/mol. The number of likely N-dealkylation sites (N-methyl/N-ethyl adjacent to an activating group) is 1. The predicted molar refractivity (Wildman–Crippen MR) is 42.0 cm³/mol. The van der Waals surface area contributed by atoms with E-state index in [0.29, 0.717) is 0 Å². The van der Waals surface area contributed by atoms with E-state index in [1.165, 1.54) is 19.4 Å². The summed E-state index contributed by atoms with van der Waals surface area (Å²) in [5.41, 5.74) is 0. The zero-order valence-corrected chi connectivity index (χ0v) is 6.80. The highest BCUT2D eigenvalue weighted by molar-refractivity contribution is 5.07. The molecule has 2 fully saturated rings. The van der Waals surface area contributed by atoms with Crippen LogP contribution in [0.15, 0.2) is 0 Å². The summed E-state index contributed by atoms with van der Waals surface area (Å²) in [5, 5.41) is 3.52. The molecule has 2 heteroatoms. The maximum Gasteiger partial charge on any atom is 0.0354 e. The zero-order valence-electron chi connectivity index (χ0n) is 6.80. The lowest BCUT2D eigenvalue weighted by molar-refractivity contribution is 0.405. The Bertz CT molecular complexity index is 129. The summed E-state index contributed by atoms with van der Waals surface area (Å²) >= 11 is 0. The van der Waals surface area contributed by atoms with Crippen LogP contribution in [-0.4, -0.2) is 37.6 Å². The van der Waals surface area contributed by atoms with Crippen molar-refractivity contribution in [3.63, 3.8) is 0 Å². The minimum atomic E-state index is 0.822. The van der Waals surface area contributed by atoms with E-state index < -0.39 is 0 Å². The van der Waals surface area contributed by atoms with E-state index in [9.17, 15) is 0 Å². The second-order valence-electron chi connectivity index (χ2n) is 3.90. The highest BCUT2D eigenvalue weighted by atomic mass is 15.2.